The molecule has 0 bridgehead atoms. The van der Waals surface area contributed by atoms with E-state index in [0.29, 0.717) is 0 Å². The van der Waals surface area contributed by atoms with E-state index < -0.39 is 0 Å². The van der Waals surface area contributed by atoms with E-state index in [1.54, 1.807) is 0 Å². The number of hydrogen-bond donors (Lipinski definition) is 0. The van der Waals surface area contributed by atoms with Crippen molar-refractivity contribution in [3.63, 3.8) is 0 Å². The van der Waals surface area contributed by atoms with Gasteiger partial charge in [-0.25, -0.2) is 0 Å². The van der Waals surface area contributed by atoms with Crippen LogP contribution in [0.3, 0.4) is 0 Å². The number of nitrogens with zero attached hydrogens (tertiary/aromatic N) is 16. The first-order chi connectivity index (χ1) is 72.9. The molecular formula is C132H126N16OS. The summed E-state index contributed by atoms with van der Waals surface area (Å²) in [4.78, 5) is 39.2. The molecule has 8 atom stereocenters. The average molecular weight is 1980 g/mol. The van der Waals surface area contributed by atoms with Gasteiger partial charge in [-0.1, -0.05) is 218 Å². The van der Waals surface area contributed by atoms with E-state index in [1.807, 2.05) is 17.4 Å². The maximum absolute atomic E-state index is 6.62. The van der Waals surface area contributed by atoms with E-state index in [-0.39, 0.29) is 49.3 Å². The standard InChI is InChI=1S/C37H34N4.C33H32N4.C31H30N4O.C31H30N4S/c1-23-35(40-24(2)38(4)31-18-10-12-20-33(31)40)22-30-28-16-7-6-14-26(28)27-15-8-9-17-29(27)36(30)37(23)41-25(3)39(5)32-19-11-13-21-34(32)41;1-21-31(36-22(2)34(4)27-14-8-10-16-29(27)36)20-25-19-18-24-12-6-7-13-26(24)32(25)33(21)37-23(3)35(5)28-15-9-11-17-30(28)37;2*1-19-28(34-20(2)32(4)24-13-7-9-15-26(24)34)18-23-22-12-6-11-17-29(22)36-31(23)30(19)35-21(3)33(5)25-14-8-10-16-27(25)35/h6-22,24-25H,1-5H3;6-20,22-23H,1-5H3;2*6-18,20-21H,1-5H3/t24-,25+;22-,23+;2*20-,21+/m1111/s1. The molecule has 0 amide bonds. The quantitative estimate of drug-likeness (QED) is 0.136. The molecule has 29 rings (SSSR count). The van der Waals surface area contributed by atoms with Crippen LogP contribution in [0.25, 0.3) is 96.0 Å². The highest BCUT2D eigenvalue weighted by Gasteiger charge is 2.45. The molecule has 0 aliphatic carbocycles. The van der Waals surface area contributed by atoms with Crippen molar-refractivity contribution < 1.29 is 4.42 Å². The first-order valence-corrected chi connectivity index (χ1v) is 53.8. The lowest BCUT2D eigenvalue weighted by atomic mass is 9.90. The van der Waals surface area contributed by atoms with Crippen LogP contribution in [0.2, 0.25) is 0 Å². The van der Waals surface area contributed by atoms with Crippen LogP contribution in [0.15, 0.2) is 356 Å². The van der Waals surface area contributed by atoms with Gasteiger partial charge in [-0.15, -0.1) is 11.3 Å². The van der Waals surface area contributed by atoms with Crippen LogP contribution in [0.5, 0.6) is 0 Å². The Balaban J connectivity index is 0.000000101. The van der Waals surface area contributed by atoms with Crippen LogP contribution in [0.4, 0.5) is 136 Å². The molecule has 8 aliphatic rings. The molecule has 0 spiro atoms. The summed E-state index contributed by atoms with van der Waals surface area (Å²) in [5.41, 5.74) is 37.3. The summed E-state index contributed by atoms with van der Waals surface area (Å²) in [6, 6.07) is 128. The lowest BCUT2D eigenvalue weighted by Gasteiger charge is -2.35. The fraction of sp³-hybridized carbons (Fsp3) is 0.212. The second-order valence-corrected chi connectivity index (χ2v) is 43.2. The Bertz CT molecular complexity index is 8840. The molecule has 0 saturated heterocycles. The number of fused-ring (bicyclic) bond motifs is 23. The maximum atomic E-state index is 6.62. The van der Waals surface area contributed by atoms with Crippen LogP contribution in [-0.2, 0) is 0 Å². The minimum Gasteiger partial charge on any atom is -0.454 e. The molecule has 17 nitrogen and oxygen atoms in total. The Morgan fingerprint density at radius 3 is 0.840 bits per heavy atom. The molecule has 8 aliphatic heterocycles. The van der Waals surface area contributed by atoms with Gasteiger partial charge in [0.05, 0.1) is 118 Å². The molecule has 0 fully saturated rings. The molecule has 19 aromatic carbocycles. The van der Waals surface area contributed by atoms with Crippen molar-refractivity contribution in [1.82, 2.24) is 0 Å². The van der Waals surface area contributed by atoms with E-state index in [2.05, 4.69) is 564 Å². The van der Waals surface area contributed by atoms with Crippen molar-refractivity contribution in [2.24, 2.45) is 0 Å². The summed E-state index contributed by atoms with van der Waals surface area (Å²) < 4.78 is 9.32. The number of rotatable bonds is 8. The van der Waals surface area contributed by atoms with Gasteiger partial charge in [0, 0.05) is 122 Å². The van der Waals surface area contributed by atoms with Crippen LogP contribution in [-0.4, -0.2) is 106 Å². The molecular weight excluding hydrogens is 1860 g/mol. The SMILES string of the molecule is Cc1c(N2c3ccccc3N(C)[C@H]2C)cc2c(oc3ccccc32)c1N1c2ccccc2N(C)[C@@H]1C.Cc1c(N2c3ccccc3N(C)[C@H]2C)cc2c(sc3ccccc32)c1N1c2ccccc2N(C)[C@@H]1C.Cc1c(N2c3ccccc3N(C)[C@H]2C)cc2c3ccccc3c3ccccc3c2c1N1c2ccccc2N(C)[C@@H]1C.Cc1c(N2c3ccccc3N(C)[C@H]2C)cc2ccc3ccccc3c2c1N1c2ccccc2N(C)[C@@H]1C. The van der Waals surface area contributed by atoms with E-state index in [0.717, 1.165) is 27.6 Å². The van der Waals surface area contributed by atoms with Crippen LogP contribution in [0, 0.1) is 27.7 Å². The maximum Gasteiger partial charge on any atom is 0.159 e. The van der Waals surface area contributed by atoms with E-state index >= 15 is 0 Å². The number of para-hydroxylation sites is 17. The summed E-state index contributed by atoms with van der Waals surface area (Å²) in [6.45, 7) is 27.6. The summed E-state index contributed by atoms with van der Waals surface area (Å²) in [5, 5.41) is 18.0. The molecule has 2 aromatic heterocycles. The number of hydrogen-bond acceptors (Lipinski definition) is 18. The van der Waals surface area contributed by atoms with Gasteiger partial charge in [-0.2, -0.15) is 0 Å². The van der Waals surface area contributed by atoms with Gasteiger partial charge in [0.1, 0.15) is 54.9 Å². The fourth-order valence-corrected chi connectivity index (χ4v) is 27.6. The van der Waals surface area contributed by atoms with Crippen molar-refractivity contribution in [3.05, 3.63) is 374 Å². The van der Waals surface area contributed by atoms with Crippen molar-refractivity contribution >= 4 is 244 Å². The number of anilines is 24. The van der Waals surface area contributed by atoms with E-state index in [4.69, 9.17) is 4.42 Å². The van der Waals surface area contributed by atoms with Gasteiger partial charge in [0.25, 0.3) is 0 Å². The molecule has 746 valence electrons. The van der Waals surface area contributed by atoms with Gasteiger partial charge in [-0.3, -0.25) is 0 Å². The second-order valence-electron chi connectivity index (χ2n) is 42.1. The Morgan fingerprint density at radius 2 is 0.440 bits per heavy atom. The lowest BCUT2D eigenvalue weighted by molar-refractivity contribution is 0.661. The molecule has 10 heterocycles. The first kappa shape index (κ1) is 93.1. The van der Waals surface area contributed by atoms with Crippen molar-refractivity contribution in [2.75, 3.05) is 135 Å². The zero-order valence-electron chi connectivity index (χ0n) is 89.1. The van der Waals surface area contributed by atoms with E-state index in [1.165, 1.54) is 227 Å². The van der Waals surface area contributed by atoms with Gasteiger partial charge >= 0.3 is 0 Å². The highest BCUT2D eigenvalue weighted by molar-refractivity contribution is 7.26. The average Bonchev–Trinajstić information content (AvgIpc) is 1.37. The zero-order valence-corrected chi connectivity index (χ0v) is 89.9. The predicted molar refractivity (Wildman–Crippen MR) is 644 cm³/mol. The van der Waals surface area contributed by atoms with Crippen LogP contribution >= 0.6 is 11.3 Å². The third-order valence-corrected chi connectivity index (χ3v) is 36.0. The third-order valence-electron chi connectivity index (χ3n) is 34.8. The smallest absolute Gasteiger partial charge is 0.159 e. The summed E-state index contributed by atoms with van der Waals surface area (Å²) in [6.07, 6.45) is 1.55. The number of thiophene rings is 1. The molecule has 0 saturated carbocycles. The number of benzene rings is 19. The Hall–Kier alpha value is -16.7. The van der Waals surface area contributed by atoms with Crippen molar-refractivity contribution in [3.8, 4) is 0 Å². The monoisotopic (exact) mass is 1980 g/mol. The molecule has 0 N–H and O–H groups in total. The Kier molecular flexibility index (Phi) is 22.1. The minimum absolute atomic E-state index is 0.152. The van der Waals surface area contributed by atoms with Crippen molar-refractivity contribution in [2.45, 2.75) is 132 Å². The normalized spacial score (nSPS) is 18.7. The third kappa shape index (κ3) is 13.7. The molecule has 18 heteroatoms. The Labute approximate surface area is 883 Å². The van der Waals surface area contributed by atoms with Crippen LogP contribution in [0.1, 0.15) is 77.6 Å². The number of furan rings is 1. The van der Waals surface area contributed by atoms with Gasteiger partial charge < -0.3 is 82.8 Å². The van der Waals surface area contributed by atoms with Gasteiger partial charge in [-0.05, 0) is 276 Å². The summed E-state index contributed by atoms with van der Waals surface area (Å²) >= 11 is 1.92. The first-order valence-electron chi connectivity index (χ1n) is 53.0. The fourth-order valence-electron chi connectivity index (χ4n) is 26.3. The lowest BCUT2D eigenvalue weighted by Crippen LogP contribution is -2.37. The topological polar surface area (TPSA) is 65.0 Å². The largest absolute Gasteiger partial charge is 0.454 e. The van der Waals surface area contributed by atoms with Gasteiger partial charge in [0.15, 0.2) is 5.58 Å². The molecule has 150 heavy (non-hydrogen) atoms. The predicted octanol–water partition coefficient (Wildman–Crippen LogP) is 33.5. The highest BCUT2D eigenvalue weighted by Crippen LogP contribution is 2.62. The second kappa shape index (κ2) is 35.5. The molecule has 21 aromatic rings. The summed E-state index contributed by atoms with van der Waals surface area (Å²) in [5.74, 6) is 0. The Morgan fingerprint density at radius 1 is 0.187 bits per heavy atom. The van der Waals surface area contributed by atoms with Crippen molar-refractivity contribution in [1.29, 1.82) is 0 Å². The summed E-state index contributed by atoms with van der Waals surface area (Å²) in [7, 11) is 17.6. The molecule has 0 radical (unpaired) electrons. The van der Waals surface area contributed by atoms with E-state index in [9.17, 15) is 0 Å². The zero-order chi connectivity index (χ0) is 103. The minimum atomic E-state index is 0.152. The highest BCUT2D eigenvalue weighted by atomic mass is 32.1. The molecule has 0 unspecified atom stereocenters. The van der Waals surface area contributed by atoms with Crippen LogP contribution < -0.4 is 78.4 Å². The van der Waals surface area contributed by atoms with Gasteiger partial charge in [0.2, 0.25) is 0 Å².